The van der Waals surface area contributed by atoms with E-state index in [1.807, 2.05) is 6.07 Å². The third-order valence-electron chi connectivity index (χ3n) is 5.51. The van der Waals surface area contributed by atoms with Gasteiger partial charge in [-0.2, -0.15) is 8.42 Å². The first kappa shape index (κ1) is 22.4. The van der Waals surface area contributed by atoms with E-state index < -0.39 is 18.2 Å². The maximum absolute atomic E-state index is 12.3. The predicted molar refractivity (Wildman–Crippen MR) is 110 cm³/mol. The zero-order valence-corrected chi connectivity index (χ0v) is 19.4. The van der Waals surface area contributed by atoms with Crippen LogP contribution in [-0.4, -0.2) is 21.0 Å². The molecule has 0 saturated carbocycles. The molecule has 0 aromatic heterocycles. The zero-order chi connectivity index (χ0) is 20.1. The molecule has 0 radical (unpaired) electrons. The molecule has 0 atom stereocenters. The van der Waals surface area contributed by atoms with Gasteiger partial charge in [0.2, 0.25) is 0 Å². The summed E-state index contributed by atoms with van der Waals surface area (Å²) in [5, 5.41) is 0.557. The Morgan fingerprint density at radius 1 is 0.880 bits per heavy atom. The van der Waals surface area contributed by atoms with Crippen molar-refractivity contribution in [2.75, 3.05) is 0 Å². The molecule has 1 aromatic carbocycles. The van der Waals surface area contributed by atoms with Gasteiger partial charge in [-0.3, -0.25) is 4.55 Å². The number of hydrogen-bond donors (Lipinski definition) is 1. The summed E-state index contributed by atoms with van der Waals surface area (Å²) in [6.45, 7) is 22.1. The summed E-state index contributed by atoms with van der Waals surface area (Å²) < 4.78 is 34.5. The SMILES string of the molecule is CCc1ccc(S(=O)(=O)O)c([Si](C(C)(C)C)(C(C)(C)C)C(C)(C)C)c1. The van der Waals surface area contributed by atoms with Crippen LogP contribution < -0.4 is 5.19 Å². The molecule has 0 bridgehead atoms. The molecular weight excluding hydrogens is 348 g/mol. The molecular formula is C20H36O3SSi. The molecule has 5 heteroatoms. The summed E-state index contributed by atoms with van der Waals surface area (Å²) in [4.78, 5) is 0.0936. The van der Waals surface area contributed by atoms with Gasteiger partial charge in [0.1, 0.15) is 8.07 Å². The van der Waals surface area contributed by atoms with Crippen LogP contribution in [0, 0.1) is 0 Å². The highest BCUT2D eigenvalue weighted by molar-refractivity contribution is 7.86. The van der Waals surface area contributed by atoms with Crippen molar-refractivity contribution < 1.29 is 13.0 Å². The van der Waals surface area contributed by atoms with E-state index in [0.717, 1.165) is 17.2 Å². The van der Waals surface area contributed by atoms with Crippen LogP contribution in [0.1, 0.15) is 74.8 Å². The Morgan fingerprint density at radius 3 is 1.56 bits per heavy atom. The highest BCUT2D eigenvalue weighted by Crippen LogP contribution is 2.61. The maximum atomic E-state index is 12.3. The van der Waals surface area contributed by atoms with Crippen molar-refractivity contribution in [1.29, 1.82) is 0 Å². The molecule has 0 aliphatic heterocycles. The average molecular weight is 385 g/mol. The average Bonchev–Trinajstić information content (AvgIpc) is 2.32. The lowest BCUT2D eigenvalue weighted by molar-refractivity contribution is 0.483. The first-order valence-corrected chi connectivity index (χ1v) is 12.5. The molecule has 0 saturated heterocycles. The zero-order valence-electron chi connectivity index (χ0n) is 17.6. The summed E-state index contributed by atoms with van der Waals surface area (Å²) in [7, 11) is -6.81. The van der Waals surface area contributed by atoms with Crippen molar-refractivity contribution in [3.8, 4) is 0 Å². The van der Waals surface area contributed by atoms with Gasteiger partial charge in [0.25, 0.3) is 10.1 Å². The second-order valence-corrected chi connectivity index (χ2v) is 18.1. The van der Waals surface area contributed by atoms with Gasteiger partial charge in [-0.15, -0.1) is 0 Å². The first-order chi connectivity index (χ1) is 10.9. The molecule has 0 fully saturated rings. The molecule has 0 heterocycles. The Kier molecular flexibility index (Phi) is 5.82. The second kappa shape index (κ2) is 6.50. The van der Waals surface area contributed by atoms with Crippen LogP contribution in [0.5, 0.6) is 0 Å². The molecule has 0 unspecified atom stereocenters. The van der Waals surface area contributed by atoms with E-state index in [9.17, 15) is 13.0 Å². The van der Waals surface area contributed by atoms with Crippen LogP contribution in [0.25, 0.3) is 0 Å². The summed E-state index contributed by atoms with van der Waals surface area (Å²) in [6, 6.07) is 5.48. The van der Waals surface area contributed by atoms with Gasteiger partial charge in [-0.05, 0) is 38.4 Å². The Morgan fingerprint density at radius 2 is 1.28 bits per heavy atom. The van der Waals surface area contributed by atoms with Gasteiger partial charge in [-0.1, -0.05) is 81.4 Å². The van der Waals surface area contributed by atoms with E-state index in [4.69, 9.17) is 0 Å². The molecule has 1 rings (SSSR count). The lowest BCUT2D eigenvalue weighted by Gasteiger charge is -2.60. The van der Waals surface area contributed by atoms with Crippen molar-refractivity contribution in [2.24, 2.45) is 0 Å². The number of hydrogen-bond acceptors (Lipinski definition) is 2. The first-order valence-electron chi connectivity index (χ1n) is 9.02. The smallest absolute Gasteiger partial charge is 0.282 e. The minimum atomic E-state index is -4.29. The fourth-order valence-corrected chi connectivity index (χ4v) is 17.4. The Labute approximate surface area is 156 Å². The summed E-state index contributed by atoms with van der Waals surface area (Å²) in [5.41, 5.74) is 1.11. The molecule has 1 aromatic rings. The van der Waals surface area contributed by atoms with Gasteiger partial charge < -0.3 is 0 Å². The molecule has 1 N–H and O–H groups in total. The Balaban J connectivity index is 4.24. The van der Waals surface area contributed by atoms with E-state index in [-0.39, 0.29) is 20.0 Å². The van der Waals surface area contributed by atoms with Crippen LogP contribution in [0.4, 0.5) is 0 Å². The second-order valence-electron chi connectivity index (χ2n) is 10.2. The van der Waals surface area contributed by atoms with Crippen molar-refractivity contribution in [3.05, 3.63) is 23.8 Å². The third kappa shape index (κ3) is 3.74. The highest BCUT2D eigenvalue weighted by atomic mass is 32.2. The van der Waals surface area contributed by atoms with E-state index in [2.05, 4.69) is 75.3 Å². The van der Waals surface area contributed by atoms with Crippen LogP contribution in [0.3, 0.4) is 0 Å². The standard InChI is InChI=1S/C20H36O3SSi/c1-11-15-12-13-16(24(21,22)23)17(14-15)25(18(2,3)4,19(5,6)7)20(8,9)10/h12-14H,11H2,1-10H3,(H,21,22,23). The van der Waals surface area contributed by atoms with Gasteiger partial charge in [0.05, 0.1) is 4.90 Å². The summed E-state index contributed by atoms with van der Waals surface area (Å²) in [5.74, 6) is 0. The van der Waals surface area contributed by atoms with Crippen molar-refractivity contribution in [1.82, 2.24) is 0 Å². The normalized spacial score (nSPS) is 14.7. The number of aryl methyl sites for hydroxylation is 1. The minimum absolute atomic E-state index is 0.0936. The van der Waals surface area contributed by atoms with Gasteiger partial charge in [-0.25, -0.2) is 0 Å². The van der Waals surface area contributed by atoms with E-state index in [0.29, 0.717) is 0 Å². The predicted octanol–water partition coefficient (Wildman–Crippen LogP) is 5.55. The minimum Gasteiger partial charge on any atom is -0.282 e. The monoisotopic (exact) mass is 384 g/mol. The van der Waals surface area contributed by atoms with Crippen molar-refractivity contribution in [3.63, 3.8) is 0 Å². The van der Waals surface area contributed by atoms with E-state index in [1.54, 1.807) is 6.07 Å². The third-order valence-corrected chi connectivity index (χ3v) is 14.6. The fourth-order valence-electron chi connectivity index (χ4n) is 5.90. The Hall–Kier alpha value is -0.653. The lowest BCUT2D eigenvalue weighted by atomic mass is 10.2. The van der Waals surface area contributed by atoms with Crippen LogP contribution in [0.2, 0.25) is 15.1 Å². The Bertz CT molecular complexity index is 694. The van der Waals surface area contributed by atoms with Gasteiger partial charge in [0.15, 0.2) is 0 Å². The molecule has 0 aliphatic carbocycles. The molecule has 144 valence electrons. The number of benzene rings is 1. The van der Waals surface area contributed by atoms with Crippen LogP contribution in [-0.2, 0) is 16.5 Å². The highest BCUT2D eigenvalue weighted by Gasteiger charge is 2.61. The van der Waals surface area contributed by atoms with Crippen LogP contribution >= 0.6 is 0 Å². The molecule has 3 nitrogen and oxygen atoms in total. The topological polar surface area (TPSA) is 54.4 Å². The molecule has 0 aliphatic rings. The van der Waals surface area contributed by atoms with E-state index in [1.165, 1.54) is 0 Å². The van der Waals surface area contributed by atoms with Gasteiger partial charge >= 0.3 is 0 Å². The van der Waals surface area contributed by atoms with Crippen LogP contribution in [0.15, 0.2) is 23.1 Å². The summed E-state index contributed by atoms with van der Waals surface area (Å²) in [6.07, 6.45) is 0.835. The molecule has 25 heavy (non-hydrogen) atoms. The largest absolute Gasteiger partial charge is 0.294 e. The number of rotatable bonds is 3. The fraction of sp³-hybridized carbons (Fsp3) is 0.700. The lowest BCUT2D eigenvalue weighted by Crippen LogP contribution is -2.67. The van der Waals surface area contributed by atoms with E-state index >= 15 is 0 Å². The maximum Gasteiger partial charge on any atom is 0.294 e. The van der Waals surface area contributed by atoms with Gasteiger partial charge in [0, 0.05) is 0 Å². The van der Waals surface area contributed by atoms with Crippen molar-refractivity contribution >= 4 is 23.4 Å². The summed E-state index contributed by atoms with van der Waals surface area (Å²) >= 11 is 0. The molecule has 0 amide bonds. The molecule has 0 spiro atoms. The quantitative estimate of drug-likeness (QED) is 0.549. The van der Waals surface area contributed by atoms with Crippen molar-refractivity contribution in [2.45, 2.75) is 95.7 Å².